The lowest BCUT2D eigenvalue weighted by Crippen LogP contribution is -2.00. The number of hydrogen-bond acceptors (Lipinski definition) is 10. The highest BCUT2D eigenvalue weighted by atomic mass is 16.5. The Morgan fingerprint density at radius 3 is 0.609 bits per heavy atom. The zero-order valence-corrected chi connectivity index (χ0v) is 28.6. The summed E-state index contributed by atoms with van der Waals surface area (Å²) in [5, 5.41) is 52.3. The molecule has 0 aliphatic carbocycles. The molecule has 0 aliphatic rings. The Morgan fingerprint density at radius 2 is 0.478 bits per heavy atom. The number of carbonyl (C=O) groups excluding carboxylic acids is 2. The van der Waals surface area contributed by atoms with Gasteiger partial charge in [0, 0.05) is 13.8 Å². The van der Waals surface area contributed by atoms with Crippen molar-refractivity contribution in [3.63, 3.8) is 0 Å². The molecule has 0 atom stereocenters. The summed E-state index contributed by atoms with van der Waals surface area (Å²) < 4.78 is 9.44. The van der Waals surface area contributed by atoms with Gasteiger partial charge in [-0.1, -0.05) is 55.4 Å². The molecule has 0 aromatic heterocycles. The van der Waals surface area contributed by atoms with Crippen LogP contribution in [0.5, 0.6) is 46.0 Å². The van der Waals surface area contributed by atoms with Crippen LogP contribution in [-0.4, -0.2) is 42.6 Å². The van der Waals surface area contributed by atoms with Gasteiger partial charge in [0.25, 0.3) is 0 Å². The lowest BCUT2D eigenvalue weighted by atomic mass is 10.3. The van der Waals surface area contributed by atoms with E-state index in [4.69, 9.17) is 40.1 Å². The molecule has 6 N–H and O–H groups in total. The number of rotatable bonds is 2. The largest absolute Gasteiger partial charge is 0.508 e. The van der Waals surface area contributed by atoms with Crippen molar-refractivity contribution in [3.8, 4) is 46.0 Å². The molecule has 0 aliphatic heterocycles. The minimum Gasteiger partial charge on any atom is -0.508 e. The van der Waals surface area contributed by atoms with E-state index in [9.17, 15) is 9.59 Å². The van der Waals surface area contributed by atoms with E-state index in [0.717, 1.165) is 0 Å². The van der Waals surface area contributed by atoms with Gasteiger partial charge < -0.3 is 40.1 Å². The zero-order valence-electron chi connectivity index (χ0n) is 28.6. The highest BCUT2D eigenvalue weighted by molar-refractivity contribution is 5.69. The molecule has 0 unspecified atom stereocenters. The van der Waals surface area contributed by atoms with Crippen LogP contribution in [0.1, 0.15) is 69.2 Å². The Labute approximate surface area is 273 Å². The minimum absolute atomic E-state index is 0.154. The first-order valence-electron chi connectivity index (χ1n) is 14.9. The van der Waals surface area contributed by atoms with Gasteiger partial charge in [-0.15, -0.1) is 0 Å². The van der Waals surface area contributed by atoms with Gasteiger partial charge in [-0.2, -0.15) is 0 Å². The summed E-state index contributed by atoms with van der Waals surface area (Å²) in [4.78, 5) is 20.8. The fourth-order valence-corrected chi connectivity index (χ4v) is 2.27. The van der Waals surface area contributed by atoms with E-state index in [0.29, 0.717) is 11.5 Å². The Kier molecular flexibility index (Phi) is 33.6. The van der Waals surface area contributed by atoms with Gasteiger partial charge in [0.05, 0.1) is 0 Å². The molecular weight excluding hydrogens is 592 g/mol. The van der Waals surface area contributed by atoms with Gasteiger partial charge in [-0.3, -0.25) is 9.59 Å². The van der Waals surface area contributed by atoms with Crippen molar-refractivity contribution in [2.45, 2.75) is 69.2 Å². The van der Waals surface area contributed by atoms with Crippen molar-refractivity contribution in [2.24, 2.45) is 0 Å². The van der Waals surface area contributed by atoms with E-state index >= 15 is 0 Å². The zero-order chi connectivity index (χ0) is 36.5. The summed E-state index contributed by atoms with van der Waals surface area (Å²) >= 11 is 0. The Bertz CT molecular complexity index is 1100. The van der Waals surface area contributed by atoms with Crippen LogP contribution in [0.3, 0.4) is 0 Å². The van der Waals surface area contributed by atoms with Crippen LogP contribution < -0.4 is 9.47 Å². The quantitative estimate of drug-likeness (QED) is 0.0702. The first-order chi connectivity index (χ1) is 21.9. The van der Waals surface area contributed by atoms with Crippen molar-refractivity contribution < 1.29 is 49.7 Å². The monoisotopic (exact) mass is 644 g/mol. The second kappa shape index (κ2) is 32.5. The van der Waals surface area contributed by atoms with Gasteiger partial charge in [0.15, 0.2) is 0 Å². The van der Waals surface area contributed by atoms with Crippen LogP contribution >= 0.6 is 0 Å². The van der Waals surface area contributed by atoms with Gasteiger partial charge in [0.1, 0.15) is 46.0 Å². The van der Waals surface area contributed by atoms with Crippen LogP contribution in [0.25, 0.3) is 0 Å². The van der Waals surface area contributed by atoms with Crippen molar-refractivity contribution in [2.75, 3.05) is 0 Å². The third-order valence-electron chi connectivity index (χ3n) is 3.90. The van der Waals surface area contributed by atoms with Crippen molar-refractivity contribution in [1.82, 2.24) is 0 Å². The van der Waals surface area contributed by atoms with Gasteiger partial charge in [-0.25, -0.2) is 0 Å². The SMILES string of the molecule is CC.CC.CC.CC.CC(=O)Oc1ccc(O)cc1.CC(=O)Oc1ccc(O)cc1.Oc1ccc(O)cc1.Oc1ccc(O)cc1. The summed E-state index contributed by atoms with van der Waals surface area (Å²) in [6.07, 6.45) is 0. The average Bonchev–Trinajstić information content (AvgIpc) is 3.07. The number of hydrogen-bond donors (Lipinski definition) is 6. The predicted molar refractivity (Wildman–Crippen MR) is 184 cm³/mol. The number of benzene rings is 4. The predicted octanol–water partition coefficient (Wildman–Crippen LogP) is 8.94. The summed E-state index contributed by atoms with van der Waals surface area (Å²) in [6, 6.07) is 23.3. The topological polar surface area (TPSA) is 174 Å². The van der Waals surface area contributed by atoms with E-state index in [-0.39, 0.29) is 46.4 Å². The standard InChI is InChI=1S/2C8H8O3.2C6H6O2.4C2H6/c2*1-6(9)11-8-4-2-7(10)3-5-8;2*7-5-1-2-6(8)4-3-5;4*1-2/h2*2-5,10H,1H3;2*1-4,7-8H;4*1-2H3. The maximum absolute atomic E-state index is 10.4. The van der Waals surface area contributed by atoms with E-state index in [1.807, 2.05) is 55.4 Å². The van der Waals surface area contributed by atoms with Crippen molar-refractivity contribution >= 4 is 11.9 Å². The van der Waals surface area contributed by atoms with Crippen molar-refractivity contribution in [3.05, 3.63) is 97.1 Å². The van der Waals surface area contributed by atoms with E-state index < -0.39 is 0 Å². The molecule has 10 heteroatoms. The van der Waals surface area contributed by atoms with Gasteiger partial charge in [-0.05, 0) is 97.1 Å². The lowest BCUT2D eigenvalue weighted by molar-refractivity contribution is -0.132. The highest BCUT2D eigenvalue weighted by Gasteiger charge is 1.97. The van der Waals surface area contributed by atoms with Crippen LogP contribution in [0.4, 0.5) is 0 Å². The minimum atomic E-state index is -0.365. The molecule has 0 saturated heterocycles. The van der Waals surface area contributed by atoms with Gasteiger partial charge >= 0.3 is 11.9 Å². The van der Waals surface area contributed by atoms with Crippen LogP contribution in [0.15, 0.2) is 97.1 Å². The Morgan fingerprint density at radius 1 is 0.348 bits per heavy atom. The van der Waals surface area contributed by atoms with Crippen LogP contribution in [0, 0.1) is 0 Å². The Balaban J connectivity index is -0.000000240. The Hall–Kier alpha value is -5.38. The molecule has 46 heavy (non-hydrogen) atoms. The normalized spacial score (nSPS) is 8.04. The first kappa shape index (κ1) is 47.5. The molecule has 0 amide bonds. The molecule has 0 bridgehead atoms. The molecule has 0 saturated carbocycles. The number of carbonyl (C=O) groups is 2. The molecule has 4 aromatic carbocycles. The van der Waals surface area contributed by atoms with E-state index in [1.165, 1.54) is 111 Å². The molecule has 4 aromatic rings. The van der Waals surface area contributed by atoms with E-state index in [1.54, 1.807) is 0 Å². The molecule has 10 nitrogen and oxygen atoms in total. The van der Waals surface area contributed by atoms with E-state index in [2.05, 4.69) is 0 Å². The lowest BCUT2D eigenvalue weighted by Gasteiger charge is -1.99. The third kappa shape index (κ3) is 30.1. The maximum Gasteiger partial charge on any atom is 0.308 e. The third-order valence-corrected chi connectivity index (χ3v) is 3.90. The molecule has 0 spiro atoms. The first-order valence-corrected chi connectivity index (χ1v) is 14.9. The summed E-state index contributed by atoms with van der Waals surface area (Å²) in [6.45, 7) is 18.7. The second-order valence-electron chi connectivity index (χ2n) is 7.21. The number of aromatic hydroxyl groups is 6. The maximum atomic E-state index is 10.4. The summed E-state index contributed by atoms with van der Waals surface area (Å²) in [5.74, 6) is 1.13. The summed E-state index contributed by atoms with van der Waals surface area (Å²) in [7, 11) is 0. The number of phenols is 6. The molecule has 0 radical (unpaired) electrons. The molecular formula is C36H52O10. The smallest absolute Gasteiger partial charge is 0.308 e. The van der Waals surface area contributed by atoms with Gasteiger partial charge in [0.2, 0.25) is 0 Å². The molecule has 256 valence electrons. The fraction of sp³-hybridized carbons (Fsp3) is 0.278. The number of esters is 2. The molecule has 0 heterocycles. The van der Waals surface area contributed by atoms with Crippen LogP contribution in [0.2, 0.25) is 0 Å². The number of ether oxygens (including phenoxy) is 2. The molecule has 0 fully saturated rings. The highest BCUT2D eigenvalue weighted by Crippen LogP contribution is 2.17. The van der Waals surface area contributed by atoms with Crippen molar-refractivity contribution in [1.29, 1.82) is 0 Å². The molecule has 4 rings (SSSR count). The fourth-order valence-electron chi connectivity index (χ4n) is 2.27. The number of phenolic OH excluding ortho intramolecular Hbond substituents is 6. The second-order valence-corrected chi connectivity index (χ2v) is 7.21. The van der Waals surface area contributed by atoms with Crippen LogP contribution in [-0.2, 0) is 9.59 Å². The summed E-state index contributed by atoms with van der Waals surface area (Å²) in [5.41, 5.74) is 0. The average molecular weight is 645 g/mol.